The van der Waals surface area contributed by atoms with Crippen LogP contribution in [-0.4, -0.2) is 79.2 Å². The summed E-state index contributed by atoms with van der Waals surface area (Å²) in [4.78, 5) is 32.1. The van der Waals surface area contributed by atoms with Gasteiger partial charge in [0, 0.05) is 32.4 Å². The van der Waals surface area contributed by atoms with E-state index in [9.17, 15) is 18.0 Å². The Hall–Kier alpha value is -2.00. The number of nitrogens with zero attached hydrogens (tertiary/aromatic N) is 3. The van der Waals surface area contributed by atoms with E-state index in [-0.39, 0.29) is 29.9 Å². The summed E-state index contributed by atoms with van der Waals surface area (Å²) >= 11 is 0. The predicted octanol–water partition coefficient (Wildman–Crippen LogP) is -0.401. The third-order valence-corrected chi connectivity index (χ3v) is 6.35. The van der Waals surface area contributed by atoms with Crippen LogP contribution in [0.2, 0.25) is 0 Å². The first-order chi connectivity index (χ1) is 11.9. The molecule has 2 amide bonds. The smallest absolute Gasteiger partial charge is 0.238 e. The molecule has 3 heterocycles. The Labute approximate surface area is 147 Å². The van der Waals surface area contributed by atoms with Crippen molar-refractivity contribution < 1.29 is 18.0 Å². The Kier molecular flexibility index (Phi) is 5.33. The molecule has 0 saturated carbocycles. The Morgan fingerprint density at radius 2 is 2.00 bits per heavy atom. The summed E-state index contributed by atoms with van der Waals surface area (Å²) in [5, 5.41) is 2.79. The number of piperazine rings is 1. The van der Waals surface area contributed by atoms with E-state index in [1.54, 1.807) is 29.4 Å². The molecule has 0 spiro atoms. The average molecular weight is 366 g/mol. The first-order valence-corrected chi connectivity index (χ1v) is 10.2. The predicted molar refractivity (Wildman–Crippen MR) is 92.6 cm³/mol. The van der Waals surface area contributed by atoms with Gasteiger partial charge in [-0.15, -0.1) is 0 Å². The second-order valence-corrected chi connectivity index (χ2v) is 8.72. The van der Waals surface area contributed by atoms with Crippen LogP contribution in [0.25, 0.3) is 0 Å². The lowest BCUT2D eigenvalue weighted by Crippen LogP contribution is -2.51. The number of pyridine rings is 1. The normalized spacial score (nSPS) is 23.4. The minimum atomic E-state index is -3.05. The highest BCUT2D eigenvalue weighted by atomic mass is 32.2. The van der Waals surface area contributed by atoms with Crippen molar-refractivity contribution in [3.63, 3.8) is 0 Å². The molecule has 2 saturated heterocycles. The fourth-order valence-corrected chi connectivity index (χ4v) is 4.95. The van der Waals surface area contributed by atoms with Gasteiger partial charge >= 0.3 is 0 Å². The summed E-state index contributed by atoms with van der Waals surface area (Å²) in [7, 11) is -3.05. The monoisotopic (exact) mass is 366 g/mol. The average Bonchev–Trinajstić information content (AvgIpc) is 2.96. The third kappa shape index (κ3) is 4.76. The number of amides is 2. The molecule has 25 heavy (non-hydrogen) atoms. The maximum atomic E-state index is 12.4. The molecule has 0 bridgehead atoms. The van der Waals surface area contributed by atoms with Crippen molar-refractivity contribution in [2.45, 2.75) is 6.42 Å². The number of rotatable bonds is 4. The molecular formula is C16H22N4O4S. The highest BCUT2D eigenvalue weighted by Crippen LogP contribution is 2.21. The van der Waals surface area contributed by atoms with Gasteiger partial charge in [0.1, 0.15) is 0 Å². The van der Waals surface area contributed by atoms with E-state index >= 15 is 0 Å². The molecule has 2 aliphatic heterocycles. The summed E-state index contributed by atoms with van der Waals surface area (Å²) < 4.78 is 23.0. The van der Waals surface area contributed by atoms with Crippen molar-refractivity contribution in [2.75, 3.05) is 49.5 Å². The number of carbonyl (C=O) groups is 2. The fourth-order valence-electron chi connectivity index (χ4n) is 3.21. The van der Waals surface area contributed by atoms with E-state index in [2.05, 4.69) is 10.3 Å². The van der Waals surface area contributed by atoms with Gasteiger partial charge in [0.15, 0.2) is 9.84 Å². The van der Waals surface area contributed by atoms with Crippen molar-refractivity contribution in [1.29, 1.82) is 0 Å². The fraction of sp³-hybridized carbons (Fsp3) is 0.562. The van der Waals surface area contributed by atoms with Crippen LogP contribution in [0.4, 0.5) is 5.69 Å². The molecule has 0 unspecified atom stereocenters. The molecule has 9 heteroatoms. The summed E-state index contributed by atoms with van der Waals surface area (Å²) in [5.74, 6) is -0.502. The van der Waals surface area contributed by atoms with Crippen LogP contribution in [0, 0.1) is 5.92 Å². The van der Waals surface area contributed by atoms with Crippen LogP contribution in [0.15, 0.2) is 24.5 Å². The van der Waals surface area contributed by atoms with Gasteiger partial charge in [-0.1, -0.05) is 0 Å². The first kappa shape index (κ1) is 17.8. The zero-order valence-electron chi connectivity index (χ0n) is 13.9. The molecule has 1 atom stereocenters. The van der Waals surface area contributed by atoms with Crippen molar-refractivity contribution in [1.82, 2.24) is 14.8 Å². The van der Waals surface area contributed by atoms with Gasteiger partial charge in [0.25, 0.3) is 0 Å². The lowest BCUT2D eigenvalue weighted by molar-refractivity contribution is -0.136. The molecule has 8 nitrogen and oxygen atoms in total. The highest BCUT2D eigenvalue weighted by molar-refractivity contribution is 7.91. The molecule has 0 aromatic carbocycles. The van der Waals surface area contributed by atoms with Gasteiger partial charge in [-0.2, -0.15) is 0 Å². The SMILES string of the molecule is O=C(CN1CCN(C(=O)[C@H]2CCS(=O)(=O)C2)CC1)Nc1cccnc1. The summed E-state index contributed by atoms with van der Waals surface area (Å²) in [6.45, 7) is 2.51. The van der Waals surface area contributed by atoms with Gasteiger partial charge in [-0.3, -0.25) is 19.5 Å². The zero-order chi connectivity index (χ0) is 17.9. The number of aromatic nitrogens is 1. The Bertz CT molecular complexity index is 730. The summed E-state index contributed by atoms with van der Waals surface area (Å²) in [6.07, 6.45) is 3.65. The molecule has 1 N–H and O–H groups in total. The number of carbonyl (C=O) groups excluding carboxylic acids is 2. The lowest BCUT2D eigenvalue weighted by Gasteiger charge is -2.35. The molecular weight excluding hydrogens is 344 g/mol. The number of hydrogen-bond donors (Lipinski definition) is 1. The van der Waals surface area contributed by atoms with Crippen LogP contribution in [0.1, 0.15) is 6.42 Å². The van der Waals surface area contributed by atoms with E-state index in [1.165, 1.54) is 0 Å². The minimum Gasteiger partial charge on any atom is -0.340 e. The summed E-state index contributed by atoms with van der Waals surface area (Å²) in [6, 6.07) is 3.53. The standard InChI is InChI=1S/C16H22N4O4S/c21-15(18-14-2-1-4-17-10-14)11-19-5-7-20(8-6-19)16(22)13-3-9-25(23,24)12-13/h1-2,4,10,13H,3,5-9,11-12H2,(H,18,21)/t13-/m0/s1. The topological polar surface area (TPSA) is 99.7 Å². The maximum absolute atomic E-state index is 12.4. The van der Waals surface area contributed by atoms with E-state index in [1.807, 2.05) is 4.90 Å². The van der Waals surface area contributed by atoms with Gasteiger partial charge in [-0.05, 0) is 18.6 Å². The molecule has 2 fully saturated rings. The molecule has 1 aromatic heterocycles. The van der Waals surface area contributed by atoms with E-state index in [4.69, 9.17) is 0 Å². The van der Waals surface area contributed by atoms with E-state index in [0.29, 0.717) is 38.3 Å². The van der Waals surface area contributed by atoms with Crippen LogP contribution in [0.5, 0.6) is 0 Å². The molecule has 0 aliphatic carbocycles. The van der Waals surface area contributed by atoms with Gasteiger partial charge in [0.05, 0.1) is 35.9 Å². The van der Waals surface area contributed by atoms with E-state index < -0.39 is 15.8 Å². The maximum Gasteiger partial charge on any atom is 0.238 e. The molecule has 0 radical (unpaired) electrons. The van der Waals surface area contributed by atoms with Crippen molar-refractivity contribution in [3.8, 4) is 0 Å². The van der Waals surface area contributed by atoms with Crippen LogP contribution in [-0.2, 0) is 19.4 Å². The van der Waals surface area contributed by atoms with Gasteiger partial charge in [-0.25, -0.2) is 8.42 Å². The second kappa shape index (κ2) is 7.49. The van der Waals surface area contributed by atoms with Crippen molar-refractivity contribution in [2.24, 2.45) is 5.92 Å². The van der Waals surface area contributed by atoms with Crippen LogP contribution < -0.4 is 5.32 Å². The third-order valence-electron chi connectivity index (χ3n) is 4.58. The molecule has 1 aromatic rings. The van der Waals surface area contributed by atoms with Crippen LogP contribution >= 0.6 is 0 Å². The molecule has 2 aliphatic rings. The van der Waals surface area contributed by atoms with Gasteiger partial charge < -0.3 is 10.2 Å². The zero-order valence-corrected chi connectivity index (χ0v) is 14.7. The minimum absolute atomic E-state index is 0.0282. The Balaban J connectivity index is 1.44. The Morgan fingerprint density at radius 1 is 1.24 bits per heavy atom. The summed E-state index contributed by atoms with van der Waals surface area (Å²) in [5.41, 5.74) is 0.656. The molecule has 3 rings (SSSR count). The second-order valence-electron chi connectivity index (χ2n) is 6.49. The first-order valence-electron chi connectivity index (χ1n) is 8.34. The largest absolute Gasteiger partial charge is 0.340 e. The highest BCUT2D eigenvalue weighted by Gasteiger charge is 2.36. The number of nitrogens with one attached hydrogen (secondary N) is 1. The quantitative estimate of drug-likeness (QED) is 0.778. The van der Waals surface area contributed by atoms with Crippen molar-refractivity contribution in [3.05, 3.63) is 24.5 Å². The molecule has 136 valence electrons. The van der Waals surface area contributed by atoms with Gasteiger partial charge in [0.2, 0.25) is 11.8 Å². The lowest BCUT2D eigenvalue weighted by atomic mass is 10.1. The number of hydrogen-bond acceptors (Lipinski definition) is 6. The number of anilines is 1. The number of sulfone groups is 1. The Morgan fingerprint density at radius 3 is 2.60 bits per heavy atom. The van der Waals surface area contributed by atoms with Crippen molar-refractivity contribution >= 4 is 27.3 Å². The van der Waals surface area contributed by atoms with E-state index in [0.717, 1.165) is 0 Å². The van der Waals surface area contributed by atoms with Crippen LogP contribution in [0.3, 0.4) is 0 Å².